The number of hydrogen-bond donors (Lipinski definition) is 3. The van der Waals surface area contributed by atoms with E-state index in [-0.39, 0.29) is 17.4 Å². The number of rotatable bonds is 5. The molecule has 0 spiro atoms. The molecule has 1 unspecified atom stereocenters. The van der Waals surface area contributed by atoms with E-state index >= 15 is 0 Å². The van der Waals surface area contributed by atoms with Crippen LogP contribution in [0.4, 0.5) is 20.4 Å². The van der Waals surface area contributed by atoms with Gasteiger partial charge in [-0.05, 0) is 6.07 Å². The first-order valence-corrected chi connectivity index (χ1v) is 5.45. The minimum absolute atomic E-state index is 0.181. The molecule has 0 fully saturated rings. The zero-order valence-corrected chi connectivity index (χ0v) is 10.4. The van der Waals surface area contributed by atoms with Crippen molar-refractivity contribution >= 4 is 34.8 Å². The molecule has 0 aliphatic carbocycles. The van der Waals surface area contributed by atoms with Crippen LogP contribution >= 0.6 is 23.2 Å². The normalized spacial score (nSPS) is 12.6. The molecular weight excluding hydrogens is 275 g/mol. The van der Waals surface area contributed by atoms with Crippen molar-refractivity contribution in [2.75, 3.05) is 24.2 Å². The van der Waals surface area contributed by atoms with Gasteiger partial charge in [-0.25, -0.2) is 13.8 Å². The van der Waals surface area contributed by atoms with E-state index in [2.05, 4.69) is 15.6 Å². The minimum atomic E-state index is -2.82. The van der Waals surface area contributed by atoms with E-state index in [1.807, 2.05) is 0 Å². The molecule has 96 valence electrons. The fourth-order valence-corrected chi connectivity index (χ4v) is 1.58. The quantitative estimate of drug-likeness (QED) is 0.778. The highest BCUT2D eigenvalue weighted by Gasteiger charge is 2.17. The summed E-state index contributed by atoms with van der Waals surface area (Å²) in [4.78, 5) is 3.98. The topological polar surface area (TPSA) is 57.2 Å². The Kier molecular flexibility index (Phi) is 5.17. The monoisotopic (exact) mass is 285 g/mol. The lowest BCUT2D eigenvalue weighted by Crippen LogP contribution is -2.27. The second kappa shape index (κ2) is 6.18. The van der Waals surface area contributed by atoms with Gasteiger partial charge in [-0.1, -0.05) is 23.2 Å². The summed E-state index contributed by atoms with van der Waals surface area (Å²) in [6.07, 6.45) is -4.60. The molecule has 0 radical (unpaired) electrons. The Labute approximate surface area is 107 Å². The Hall–Kier alpha value is -0.850. The molecule has 0 aromatic carbocycles. The average Bonchev–Trinajstić information content (AvgIpc) is 2.27. The number of aliphatic hydroxyl groups excluding tert-OH is 1. The van der Waals surface area contributed by atoms with Gasteiger partial charge >= 0.3 is 0 Å². The van der Waals surface area contributed by atoms with Gasteiger partial charge in [0.05, 0.1) is 10.0 Å². The number of hydrogen-bond acceptors (Lipinski definition) is 4. The van der Waals surface area contributed by atoms with E-state index in [1.54, 1.807) is 7.05 Å². The number of nitrogens with one attached hydrogen (secondary N) is 2. The van der Waals surface area contributed by atoms with Crippen molar-refractivity contribution in [1.82, 2.24) is 4.98 Å². The first-order valence-electron chi connectivity index (χ1n) is 4.69. The van der Waals surface area contributed by atoms with E-state index in [9.17, 15) is 8.78 Å². The zero-order chi connectivity index (χ0) is 13.0. The number of pyridine rings is 1. The Morgan fingerprint density at radius 2 is 1.94 bits per heavy atom. The molecule has 1 aromatic heterocycles. The van der Waals surface area contributed by atoms with Crippen LogP contribution in [0.1, 0.15) is 0 Å². The molecule has 0 saturated heterocycles. The Morgan fingerprint density at radius 1 is 1.35 bits per heavy atom. The minimum Gasteiger partial charge on any atom is -0.385 e. The van der Waals surface area contributed by atoms with Crippen LogP contribution in [-0.2, 0) is 0 Å². The van der Waals surface area contributed by atoms with Crippen molar-refractivity contribution in [2.45, 2.75) is 12.5 Å². The maximum absolute atomic E-state index is 12.1. The summed E-state index contributed by atoms with van der Waals surface area (Å²) >= 11 is 11.6. The van der Waals surface area contributed by atoms with Gasteiger partial charge < -0.3 is 15.7 Å². The molecule has 0 saturated carbocycles. The number of alkyl halides is 2. The lowest BCUT2D eigenvalue weighted by molar-refractivity contribution is 0.00381. The van der Waals surface area contributed by atoms with E-state index in [0.717, 1.165) is 0 Å². The molecule has 8 heteroatoms. The molecular formula is C9H11Cl2F2N3O. The van der Waals surface area contributed by atoms with Gasteiger partial charge in [-0.3, -0.25) is 0 Å². The highest BCUT2D eigenvalue weighted by molar-refractivity contribution is 6.37. The molecule has 0 amide bonds. The van der Waals surface area contributed by atoms with Gasteiger partial charge in [-0.2, -0.15) is 0 Å². The highest BCUT2D eigenvalue weighted by atomic mass is 35.5. The second-order valence-corrected chi connectivity index (χ2v) is 4.00. The van der Waals surface area contributed by atoms with Crippen LogP contribution in [0.5, 0.6) is 0 Å². The predicted molar refractivity (Wildman–Crippen MR) is 64.3 cm³/mol. The molecule has 17 heavy (non-hydrogen) atoms. The Bertz CT molecular complexity index is 393. The second-order valence-electron chi connectivity index (χ2n) is 3.18. The summed E-state index contributed by atoms with van der Waals surface area (Å²) < 4.78 is 24.1. The van der Waals surface area contributed by atoms with Gasteiger partial charge in [0.1, 0.15) is 17.7 Å². The summed E-state index contributed by atoms with van der Waals surface area (Å²) in [6, 6.07) is 1.43. The zero-order valence-electron chi connectivity index (χ0n) is 8.85. The van der Waals surface area contributed by atoms with Crippen LogP contribution in [0.2, 0.25) is 10.0 Å². The SMILES string of the molecule is CNc1nc(NCC(O)C(F)F)c(Cl)cc1Cl. The molecule has 1 heterocycles. The number of nitrogens with zero attached hydrogens (tertiary/aromatic N) is 1. The van der Waals surface area contributed by atoms with Gasteiger partial charge in [0.2, 0.25) is 0 Å². The lowest BCUT2D eigenvalue weighted by Gasteiger charge is -2.13. The van der Waals surface area contributed by atoms with Crippen LogP contribution < -0.4 is 10.6 Å². The Balaban J connectivity index is 2.77. The van der Waals surface area contributed by atoms with Crippen LogP contribution in [0.25, 0.3) is 0 Å². The van der Waals surface area contributed by atoms with E-state index < -0.39 is 12.5 Å². The third-order valence-corrected chi connectivity index (χ3v) is 2.51. The van der Waals surface area contributed by atoms with E-state index in [0.29, 0.717) is 10.8 Å². The van der Waals surface area contributed by atoms with Gasteiger partial charge in [0.25, 0.3) is 6.43 Å². The third-order valence-electron chi connectivity index (χ3n) is 1.94. The van der Waals surface area contributed by atoms with Gasteiger partial charge in [0, 0.05) is 13.6 Å². The molecule has 4 nitrogen and oxygen atoms in total. The van der Waals surface area contributed by atoms with Crippen molar-refractivity contribution in [3.8, 4) is 0 Å². The average molecular weight is 286 g/mol. The van der Waals surface area contributed by atoms with E-state index in [4.69, 9.17) is 28.3 Å². The molecule has 0 aliphatic rings. The number of halogens is 4. The standard InChI is InChI=1S/C9H11Cl2F2N3O/c1-14-8-4(10)2-5(11)9(16-8)15-3-6(17)7(12)13/h2,6-7,17H,3H2,1H3,(H2,14,15,16). The largest absolute Gasteiger partial charge is 0.385 e. The predicted octanol–water partition coefficient (Wildman–Crippen LogP) is 2.47. The molecule has 0 bridgehead atoms. The number of aliphatic hydroxyl groups is 1. The van der Waals surface area contributed by atoms with Crippen LogP contribution in [0.3, 0.4) is 0 Å². The Morgan fingerprint density at radius 3 is 2.47 bits per heavy atom. The van der Waals surface area contributed by atoms with Crippen molar-refractivity contribution < 1.29 is 13.9 Å². The summed E-state index contributed by atoms with van der Waals surface area (Å²) in [5, 5.41) is 14.7. The number of aromatic nitrogens is 1. The van der Waals surface area contributed by atoms with Crippen molar-refractivity contribution in [2.24, 2.45) is 0 Å². The van der Waals surface area contributed by atoms with Crippen molar-refractivity contribution in [3.63, 3.8) is 0 Å². The van der Waals surface area contributed by atoms with Gasteiger partial charge in [-0.15, -0.1) is 0 Å². The van der Waals surface area contributed by atoms with Gasteiger partial charge in [0.15, 0.2) is 0 Å². The smallest absolute Gasteiger partial charge is 0.265 e. The first kappa shape index (κ1) is 14.2. The fourth-order valence-electron chi connectivity index (χ4n) is 1.06. The van der Waals surface area contributed by atoms with E-state index in [1.165, 1.54) is 6.07 Å². The molecule has 3 N–H and O–H groups in total. The summed E-state index contributed by atoms with van der Waals surface area (Å²) in [5.74, 6) is 0.547. The molecule has 0 aliphatic heterocycles. The van der Waals surface area contributed by atoms with Crippen LogP contribution in [0.15, 0.2) is 6.07 Å². The van der Waals surface area contributed by atoms with Crippen molar-refractivity contribution in [3.05, 3.63) is 16.1 Å². The van der Waals surface area contributed by atoms with Crippen molar-refractivity contribution in [1.29, 1.82) is 0 Å². The highest BCUT2D eigenvalue weighted by Crippen LogP contribution is 2.28. The summed E-state index contributed by atoms with van der Waals surface area (Å²) in [7, 11) is 1.61. The maximum Gasteiger partial charge on any atom is 0.265 e. The van der Waals surface area contributed by atoms with Crippen LogP contribution in [-0.4, -0.2) is 36.2 Å². The first-order chi connectivity index (χ1) is 7.95. The fraction of sp³-hybridized carbons (Fsp3) is 0.444. The van der Waals surface area contributed by atoms with Crippen LogP contribution in [0, 0.1) is 0 Å². The third kappa shape index (κ3) is 3.83. The summed E-state index contributed by atoms with van der Waals surface area (Å²) in [5.41, 5.74) is 0. The maximum atomic E-state index is 12.1. The lowest BCUT2D eigenvalue weighted by atomic mass is 10.3. The number of anilines is 2. The summed E-state index contributed by atoms with van der Waals surface area (Å²) in [6.45, 7) is -0.352. The molecule has 1 aromatic rings. The molecule has 1 atom stereocenters. The molecule has 1 rings (SSSR count).